The first kappa shape index (κ1) is 18.3. The smallest absolute Gasteiger partial charge is 0.161 e. The maximum Gasteiger partial charge on any atom is 0.161 e. The molecule has 1 aliphatic heterocycles. The number of aryl methyl sites for hydroxylation is 1. The van der Waals surface area contributed by atoms with Gasteiger partial charge in [-0.05, 0) is 41.3 Å². The Bertz CT molecular complexity index is 1020. The molecule has 0 aromatic heterocycles. The van der Waals surface area contributed by atoms with Crippen LogP contribution in [0.1, 0.15) is 22.8 Å². The molecule has 3 aromatic carbocycles. The summed E-state index contributed by atoms with van der Waals surface area (Å²) in [5, 5.41) is 2.98. The molecule has 2 atom stereocenters. The van der Waals surface area contributed by atoms with Crippen molar-refractivity contribution in [1.82, 2.24) is 0 Å². The molecule has 1 heterocycles. The number of nitrogens with two attached hydrogens (primary N) is 1. The van der Waals surface area contributed by atoms with E-state index in [9.17, 15) is 13.2 Å². The van der Waals surface area contributed by atoms with E-state index < -0.39 is 29.6 Å². The Morgan fingerprint density at radius 2 is 1.74 bits per heavy atom. The average Bonchev–Trinajstić information content (AvgIpc) is 2.65. The molecule has 2 N–H and O–H groups in total. The van der Waals surface area contributed by atoms with Gasteiger partial charge in [0.1, 0.15) is 17.7 Å². The molecule has 0 spiro atoms. The van der Waals surface area contributed by atoms with Crippen molar-refractivity contribution in [2.24, 2.45) is 5.73 Å². The second kappa shape index (κ2) is 7.17. The Balaban J connectivity index is 1.77. The van der Waals surface area contributed by atoms with Gasteiger partial charge in [-0.2, -0.15) is 0 Å². The molecule has 0 amide bonds. The molecule has 0 fully saturated rings. The maximum atomic E-state index is 14.2. The van der Waals surface area contributed by atoms with E-state index in [0.717, 1.165) is 34.2 Å². The van der Waals surface area contributed by atoms with Crippen LogP contribution in [0.3, 0.4) is 0 Å². The van der Waals surface area contributed by atoms with E-state index >= 15 is 0 Å². The van der Waals surface area contributed by atoms with Gasteiger partial charge in [-0.15, -0.1) is 0 Å². The minimum absolute atomic E-state index is 0.0693. The van der Waals surface area contributed by atoms with Gasteiger partial charge in [0.25, 0.3) is 0 Å². The van der Waals surface area contributed by atoms with Crippen LogP contribution in [0, 0.1) is 17.5 Å². The highest BCUT2D eigenvalue weighted by Gasteiger charge is 2.32. The van der Waals surface area contributed by atoms with Crippen molar-refractivity contribution < 1.29 is 17.9 Å². The van der Waals surface area contributed by atoms with Crippen LogP contribution in [0.5, 0.6) is 5.75 Å². The van der Waals surface area contributed by atoms with Gasteiger partial charge in [0.2, 0.25) is 0 Å². The van der Waals surface area contributed by atoms with E-state index in [-0.39, 0.29) is 5.56 Å². The van der Waals surface area contributed by atoms with Gasteiger partial charge in [0.15, 0.2) is 11.6 Å². The second-order valence-corrected chi connectivity index (χ2v) is 7.52. The standard InChI is InChI=1S/C21H17BrF3NO/c22-6-5-11-1-2-12-3-4-20-14(13(12)7-11)9-19(26)21(27-20)15-8-17(24)18(25)10-16(15)23/h1-4,7-8,10,19,21H,5-6,9,26H2/t19-,21+/m0/s1. The van der Waals surface area contributed by atoms with Crippen LogP contribution in [-0.4, -0.2) is 11.4 Å². The predicted molar refractivity (Wildman–Crippen MR) is 103 cm³/mol. The number of benzene rings is 3. The molecule has 0 saturated heterocycles. The van der Waals surface area contributed by atoms with Crippen molar-refractivity contribution >= 4 is 26.7 Å². The van der Waals surface area contributed by atoms with Gasteiger partial charge in [0.05, 0.1) is 6.04 Å². The van der Waals surface area contributed by atoms with Crippen LogP contribution in [0.15, 0.2) is 42.5 Å². The summed E-state index contributed by atoms with van der Waals surface area (Å²) >= 11 is 3.45. The molecular formula is C21H17BrF3NO. The molecule has 27 heavy (non-hydrogen) atoms. The summed E-state index contributed by atoms with van der Waals surface area (Å²) < 4.78 is 47.0. The number of alkyl halides is 1. The molecule has 0 aliphatic carbocycles. The summed E-state index contributed by atoms with van der Waals surface area (Å²) in [7, 11) is 0. The number of rotatable bonds is 3. The topological polar surface area (TPSA) is 35.2 Å². The molecule has 0 bridgehead atoms. The highest BCUT2D eigenvalue weighted by molar-refractivity contribution is 9.09. The molecule has 1 aliphatic rings. The summed E-state index contributed by atoms with van der Waals surface area (Å²) in [6.45, 7) is 0. The Kier molecular flexibility index (Phi) is 4.86. The SMILES string of the molecule is N[C@H]1Cc2c(ccc3ccc(CCBr)cc23)O[C@@H]1c1cc(F)c(F)cc1F. The quantitative estimate of drug-likeness (QED) is 0.453. The third-order valence-electron chi connectivity index (χ3n) is 4.97. The van der Waals surface area contributed by atoms with E-state index in [0.29, 0.717) is 18.2 Å². The number of hydrogen-bond acceptors (Lipinski definition) is 2. The fourth-order valence-electron chi connectivity index (χ4n) is 3.61. The van der Waals surface area contributed by atoms with Gasteiger partial charge in [-0.3, -0.25) is 0 Å². The van der Waals surface area contributed by atoms with Gasteiger partial charge in [-0.25, -0.2) is 13.2 Å². The van der Waals surface area contributed by atoms with Gasteiger partial charge >= 0.3 is 0 Å². The third kappa shape index (κ3) is 3.32. The Morgan fingerprint density at radius 3 is 2.52 bits per heavy atom. The van der Waals surface area contributed by atoms with E-state index in [1.807, 2.05) is 12.1 Å². The number of halogens is 4. The van der Waals surface area contributed by atoms with E-state index in [4.69, 9.17) is 10.5 Å². The monoisotopic (exact) mass is 435 g/mol. The lowest BCUT2D eigenvalue weighted by Gasteiger charge is -2.32. The molecule has 6 heteroatoms. The molecule has 0 saturated carbocycles. The molecule has 0 radical (unpaired) electrons. The largest absolute Gasteiger partial charge is 0.484 e. The van der Waals surface area contributed by atoms with Crippen LogP contribution < -0.4 is 10.5 Å². The van der Waals surface area contributed by atoms with Crippen molar-refractivity contribution in [3.63, 3.8) is 0 Å². The van der Waals surface area contributed by atoms with Crippen molar-refractivity contribution in [2.75, 3.05) is 5.33 Å². The van der Waals surface area contributed by atoms with E-state index in [2.05, 4.69) is 34.1 Å². The van der Waals surface area contributed by atoms with Crippen molar-refractivity contribution in [3.05, 3.63) is 76.6 Å². The van der Waals surface area contributed by atoms with Crippen molar-refractivity contribution in [3.8, 4) is 5.75 Å². The van der Waals surface area contributed by atoms with E-state index in [1.54, 1.807) is 0 Å². The molecule has 3 aromatic rings. The zero-order valence-corrected chi connectivity index (χ0v) is 15.9. The lowest BCUT2D eigenvalue weighted by atomic mass is 9.89. The van der Waals surface area contributed by atoms with Gasteiger partial charge in [-0.1, -0.05) is 40.2 Å². The van der Waals surface area contributed by atoms with Crippen LogP contribution >= 0.6 is 15.9 Å². The van der Waals surface area contributed by atoms with Crippen LogP contribution in [0.2, 0.25) is 0 Å². The second-order valence-electron chi connectivity index (χ2n) is 6.73. The first-order valence-electron chi connectivity index (χ1n) is 8.65. The summed E-state index contributed by atoms with van der Waals surface area (Å²) in [6, 6.07) is 10.8. The molecular weight excluding hydrogens is 419 g/mol. The highest BCUT2D eigenvalue weighted by atomic mass is 79.9. The van der Waals surface area contributed by atoms with Gasteiger partial charge < -0.3 is 10.5 Å². The molecule has 2 nitrogen and oxygen atoms in total. The van der Waals surface area contributed by atoms with Crippen LogP contribution in [0.25, 0.3) is 10.8 Å². The molecule has 4 rings (SSSR count). The number of fused-ring (bicyclic) bond motifs is 3. The first-order valence-corrected chi connectivity index (χ1v) is 9.77. The Hall–Kier alpha value is -2.05. The summed E-state index contributed by atoms with van der Waals surface area (Å²) in [5.41, 5.74) is 8.33. The lowest BCUT2D eigenvalue weighted by Crippen LogP contribution is -2.38. The number of hydrogen-bond donors (Lipinski definition) is 1. The highest BCUT2D eigenvalue weighted by Crippen LogP contribution is 2.39. The van der Waals surface area contributed by atoms with Crippen LogP contribution in [-0.2, 0) is 12.8 Å². The zero-order valence-electron chi connectivity index (χ0n) is 14.3. The minimum Gasteiger partial charge on any atom is -0.484 e. The Morgan fingerprint density at radius 1 is 1.00 bits per heavy atom. The summed E-state index contributed by atoms with van der Waals surface area (Å²) in [5.74, 6) is -2.62. The van der Waals surface area contributed by atoms with Gasteiger partial charge in [0, 0.05) is 22.5 Å². The molecule has 0 unspecified atom stereocenters. The summed E-state index contributed by atoms with van der Waals surface area (Å²) in [4.78, 5) is 0. The van der Waals surface area contributed by atoms with Crippen molar-refractivity contribution in [1.29, 1.82) is 0 Å². The third-order valence-corrected chi connectivity index (χ3v) is 5.36. The zero-order chi connectivity index (χ0) is 19.1. The minimum atomic E-state index is -1.23. The maximum absolute atomic E-state index is 14.2. The van der Waals surface area contributed by atoms with Crippen LogP contribution in [0.4, 0.5) is 13.2 Å². The van der Waals surface area contributed by atoms with Crippen molar-refractivity contribution in [2.45, 2.75) is 25.0 Å². The average molecular weight is 436 g/mol. The summed E-state index contributed by atoms with van der Waals surface area (Å²) in [6.07, 6.45) is 0.471. The first-order chi connectivity index (χ1) is 13.0. The fourth-order valence-corrected chi connectivity index (χ4v) is 4.07. The van der Waals surface area contributed by atoms with E-state index in [1.165, 1.54) is 5.56 Å². The normalized spacial score (nSPS) is 19.0. The molecule has 140 valence electrons. The lowest BCUT2D eigenvalue weighted by molar-refractivity contribution is 0.149. The fraction of sp³-hybridized carbons (Fsp3) is 0.238. The Labute approximate surface area is 163 Å². The predicted octanol–water partition coefficient (Wildman–Crippen LogP) is 5.20. The number of ether oxygens (including phenoxy) is 1.